The van der Waals surface area contributed by atoms with Gasteiger partial charge in [-0.05, 0) is 44.2 Å². The largest absolute Gasteiger partial charge is 0.316 e. The van der Waals surface area contributed by atoms with Crippen LogP contribution >= 0.6 is 0 Å². The average Bonchev–Trinajstić information content (AvgIpc) is 2.71. The summed E-state index contributed by atoms with van der Waals surface area (Å²) >= 11 is 0. The summed E-state index contributed by atoms with van der Waals surface area (Å²) in [7, 11) is 1.86. The van der Waals surface area contributed by atoms with Crippen molar-refractivity contribution < 1.29 is 4.39 Å². The minimum Gasteiger partial charge on any atom is -0.316 e. The van der Waals surface area contributed by atoms with Crippen molar-refractivity contribution in [2.24, 2.45) is 0 Å². The highest BCUT2D eigenvalue weighted by Gasteiger charge is 2.12. The summed E-state index contributed by atoms with van der Waals surface area (Å²) in [5.74, 6) is -0.204. The summed E-state index contributed by atoms with van der Waals surface area (Å²) in [5, 5.41) is 7.40. The van der Waals surface area contributed by atoms with Crippen LogP contribution in [-0.4, -0.2) is 16.8 Å². The second-order valence-electron chi connectivity index (χ2n) is 4.29. The Balaban J connectivity index is 2.52. The summed E-state index contributed by atoms with van der Waals surface area (Å²) in [6, 6.07) is 4.90. The lowest BCUT2D eigenvalue weighted by Gasteiger charge is -2.09. The van der Waals surface area contributed by atoms with Gasteiger partial charge in [0.05, 0.1) is 6.20 Å². The number of rotatable bonds is 4. The molecule has 0 bridgehead atoms. The molecule has 1 aromatic heterocycles. The van der Waals surface area contributed by atoms with Crippen molar-refractivity contribution in [2.45, 2.75) is 26.9 Å². The van der Waals surface area contributed by atoms with Crippen molar-refractivity contribution in [3.63, 3.8) is 0 Å². The van der Waals surface area contributed by atoms with Crippen molar-refractivity contribution in [1.82, 2.24) is 15.1 Å². The summed E-state index contributed by atoms with van der Waals surface area (Å²) in [6.07, 6.45) is 1.85. The standard InChI is InChI=1S/C14H18FN3/c1-4-18-10(2)14(9-17-18)13-6-5-12(15)7-11(13)8-16-3/h5-7,9,16H,4,8H2,1-3H3. The topological polar surface area (TPSA) is 29.9 Å². The molecule has 4 heteroatoms. The Kier molecular flexibility index (Phi) is 3.77. The fraction of sp³-hybridized carbons (Fsp3) is 0.357. The quantitative estimate of drug-likeness (QED) is 0.900. The maximum absolute atomic E-state index is 13.3. The van der Waals surface area contributed by atoms with Crippen molar-refractivity contribution in [3.05, 3.63) is 41.5 Å². The van der Waals surface area contributed by atoms with E-state index >= 15 is 0 Å². The highest BCUT2D eigenvalue weighted by Crippen LogP contribution is 2.27. The highest BCUT2D eigenvalue weighted by atomic mass is 19.1. The average molecular weight is 247 g/mol. The van der Waals surface area contributed by atoms with E-state index in [1.807, 2.05) is 30.9 Å². The molecule has 18 heavy (non-hydrogen) atoms. The number of hydrogen-bond acceptors (Lipinski definition) is 2. The zero-order valence-electron chi connectivity index (χ0n) is 11.0. The van der Waals surface area contributed by atoms with Crippen LogP contribution in [0.25, 0.3) is 11.1 Å². The second kappa shape index (κ2) is 5.31. The number of nitrogens with one attached hydrogen (secondary N) is 1. The molecule has 0 fully saturated rings. The third kappa shape index (κ3) is 2.29. The van der Waals surface area contributed by atoms with Crippen LogP contribution in [0.2, 0.25) is 0 Å². The van der Waals surface area contributed by atoms with Crippen molar-refractivity contribution >= 4 is 0 Å². The van der Waals surface area contributed by atoms with Crippen LogP contribution in [-0.2, 0) is 13.1 Å². The molecule has 96 valence electrons. The number of aryl methyl sites for hydroxylation is 1. The monoisotopic (exact) mass is 247 g/mol. The Bertz CT molecular complexity index is 546. The van der Waals surface area contributed by atoms with Gasteiger partial charge >= 0.3 is 0 Å². The summed E-state index contributed by atoms with van der Waals surface area (Å²) in [6.45, 7) is 5.58. The fourth-order valence-electron chi connectivity index (χ4n) is 2.19. The first-order chi connectivity index (χ1) is 8.67. The van der Waals surface area contributed by atoms with Crippen LogP contribution in [0.3, 0.4) is 0 Å². The number of hydrogen-bond donors (Lipinski definition) is 1. The third-order valence-electron chi connectivity index (χ3n) is 3.13. The van der Waals surface area contributed by atoms with E-state index in [9.17, 15) is 4.39 Å². The van der Waals surface area contributed by atoms with Gasteiger partial charge in [-0.2, -0.15) is 5.10 Å². The van der Waals surface area contributed by atoms with E-state index in [2.05, 4.69) is 17.3 Å². The zero-order valence-corrected chi connectivity index (χ0v) is 11.0. The Morgan fingerprint density at radius 3 is 2.72 bits per heavy atom. The van der Waals surface area contributed by atoms with E-state index in [4.69, 9.17) is 0 Å². The van der Waals surface area contributed by atoms with E-state index < -0.39 is 0 Å². The van der Waals surface area contributed by atoms with Crippen molar-refractivity contribution in [3.8, 4) is 11.1 Å². The first-order valence-electron chi connectivity index (χ1n) is 6.13. The smallest absolute Gasteiger partial charge is 0.123 e. The Hall–Kier alpha value is -1.68. The van der Waals surface area contributed by atoms with Gasteiger partial charge < -0.3 is 5.32 Å². The first-order valence-corrected chi connectivity index (χ1v) is 6.13. The van der Waals surface area contributed by atoms with Gasteiger partial charge in [-0.1, -0.05) is 6.07 Å². The zero-order chi connectivity index (χ0) is 13.1. The summed E-state index contributed by atoms with van der Waals surface area (Å²) in [5.41, 5.74) is 4.18. The predicted octanol–water partition coefficient (Wildman–Crippen LogP) is 2.74. The van der Waals surface area contributed by atoms with Gasteiger partial charge in [0.1, 0.15) is 5.82 Å². The normalized spacial score (nSPS) is 10.9. The van der Waals surface area contributed by atoms with E-state index in [0.29, 0.717) is 6.54 Å². The van der Waals surface area contributed by atoms with Gasteiger partial charge in [0, 0.05) is 24.3 Å². The van der Waals surface area contributed by atoms with Crippen molar-refractivity contribution in [2.75, 3.05) is 7.05 Å². The lowest BCUT2D eigenvalue weighted by molar-refractivity contribution is 0.624. The maximum atomic E-state index is 13.3. The molecule has 2 aromatic rings. The van der Waals surface area contributed by atoms with Crippen molar-refractivity contribution in [1.29, 1.82) is 0 Å². The van der Waals surface area contributed by atoms with Gasteiger partial charge in [0.15, 0.2) is 0 Å². The van der Waals surface area contributed by atoms with E-state index in [1.54, 1.807) is 6.07 Å². The predicted molar refractivity (Wildman–Crippen MR) is 70.8 cm³/mol. The molecule has 1 heterocycles. The number of aromatic nitrogens is 2. The molecule has 2 rings (SSSR count). The molecule has 0 unspecified atom stereocenters. The molecule has 0 aliphatic heterocycles. The van der Waals surface area contributed by atoms with Crippen LogP contribution in [0.1, 0.15) is 18.2 Å². The van der Waals surface area contributed by atoms with Crippen LogP contribution in [0.15, 0.2) is 24.4 Å². The highest BCUT2D eigenvalue weighted by molar-refractivity contribution is 5.69. The number of halogens is 1. The molecule has 0 aliphatic rings. The van der Waals surface area contributed by atoms with Crippen LogP contribution < -0.4 is 5.32 Å². The van der Waals surface area contributed by atoms with E-state index in [0.717, 1.165) is 28.9 Å². The lowest BCUT2D eigenvalue weighted by atomic mass is 10.00. The minimum absolute atomic E-state index is 0.204. The molecule has 0 atom stereocenters. The Morgan fingerprint density at radius 1 is 1.33 bits per heavy atom. The van der Waals surface area contributed by atoms with Gasteiger partial charge in [-0.3, -0.25) is 4.68 Å². The van der Waals surface area contributed by atoms with E-state index in [1.165, 1.54) is 6.07 Å². The summed E-state index contributed by atoms with van der Waals surface area (Å²) < 4.78 is 15.3. The van der Waals surface area contributed by atoms with Gasteiger partial charge in [-0.15, -0.1) is 0 Å². The summed E-state index contributed by atoms with van der Waals surface area (Å²) in [4.78, 5) is 0. The minimum atomic E-state index is -0.204. The molecular formula is C14H18FN3. The molecule has 0 amide bonds. The van der Waals surface area contributed by atoms with Crippen LogP contribution in [0.4, 0.5) is 4.39 Å². The van der Waals surface area contributed by atoms with Gasteiger partial charge in [0.25, 0.3) is 0 Å². The number of nitrogens with zero attached hydrogens (tertiary/aromatic N) is 2. The van der Waals surface area contributed by atoms with Crippen LogP contribution in [0.5, 0.6) is 0 Å². The molecule has 0 saturated carbocycles. The first kappa shape index (κ1) is 12.8. The maximum Gasteiger partial charge on any atom is 0.123 e. The molecular weight excluding hydrogens is 229 g/mol. The fourth-order valence-corrected chi connectivity index (χ4v) is 2.19. The molecule has 0 radical (unpaired) electrons. The Morgan fingerprint density at radius 2 is 2.11 bits per heavy atom. The van der Waals surface area contributed by atoms with Crippen LogP contribution in [0, 0.1) is 12.7 Å². The Labute approximate surface area is 107 Å². The molecule has 1 aromatic carbocycles. The number of benzene rings is 1. The molecule has 0 spiro atoms. The van der Waals surface area contributed by atoms with Gasteiger partial charge in [0.2, 0.25) is 0 Å². The second-order valence-corrected chi connectivity index (χ2v) is 4.29. The third-order valence-corrected chi connectivity index (χ3v) is 3.13. The van der Waals surface area contributed by atoms with E-state index in [-0.39, 0.29) is 5.82 Å². The SMILES string of the molecule is CCn1ncc(-c2ccc(F)cc2CNC)c1C. The molecule has 0 aliphatic carbocycles. The molecule has 3 nitrogen and oxygen atoms in total. The molecule has 1 N–H and O–H groups in total. The lowest BCUT2D eigenvalue weighted by Crippen LogP contribution is -2.07. The van der Waals surface area contributed by atoms with Gasteiger partial charge in [-0.25, -0.2) is 4.39 Å². The molecule has 0 saturated heterocycles.